The Labute approximate surface area is 193 Å². The molecule has 1 heterocycles. The van der Waals surface area contributed by atoms with Gasteiger partial charge in [0.1, 0.15) is 22.9 Å². The standard InChI is InChI=1S/C22H23N3O3.CH4O3S/c1-27-18-6-2-16(3-7-18)12-13-24-14-17-4-8-19(9-5-17)28-20-10-11-21(22(23)26)25-15-20;1-5(2,3)4/h2-11,15,24H,12-14H2,1H3,(H2,23,26);1H3,(H,2,3,4). The van der Waals surface area contributed by atoms with Crippen LogP contribution < -0.4 is 20.5 Å². The van der Waals surface area contributed by atoms with Crippen molar-refractivity contribution in [2.24, 2.45) is 5.73 Å². The van der Waals surface area contributed by atoms with Crippen LogP contribution in [-0.2, 0) is 23.1 Å². The number of ether oxygens (including phenoxy) is 2. The largest absolute Gasteiger partial charge is 0.497 e. The lowest BCUT2D eigenvalue weighted by Gasteiger charge is -2.08. The third-order valence-corrected chi connectivity index (χ3v) is 4.23. The van der Waals surface area contributed by atoms with Gasteiger partial charge in [-0.15, -0.1) is 0 Å². The molecule has 2 aromatic carbocycles. The Morgan fingerprint density at radius 3 is 2.03 bits per heavy atom. The third-order valence-electron chi connectivity index (χ3n) is 4.23. The third kappa shape index (κ3) is 10.6. The van der Waals surface area contributed by atoms with Gasteiger partial charge < -0.3 is 20.5 Å². The molecule has 0 aliphatic carbocycles. The van der Waals surface area contributed by atoms with Crippen LogP contribution in [0.5, 0.6) is 17.2 Å². The SMILES string of the molecule is COc1ccc(CCNCc2ccc(Oc3ccc(C(N)=O)nc3)cc2)cc1.CS(=O)(=O)O. The highest BCUT2D eigenvalue weighted by Crippen LogP contribution is 2.21. The minimum absolute atomic E-state index is 0.211. The van der Waals surface area contributed by atoms with Crippen LogP contribution in [-0.4, -0.2) is 43.8 Å². The minimum atomic E-state index is -3.67. The van der Waals surface area contributed by atoms with Crippen molar-refractivity contribution in [2.45, 2.75) is 13.0 Å². The molecule has 176 valence electrons. The van der Waals surface area contributed by atoms with E-state index in [1.165, 1.54) is 17.3 Å². The van der Waals surface area contributed by atoms with Crippen molar-refractivity contribution in [1.82, 2.24) is 10.3 Å². The van der Waals surface area contributed by atoms with Crippen LogP contribution in [0, 0.1) is 0 Å². The first-order valence-electron chi connectivity index (χ1n) is 9.93. The summed E-state index contributed by atoms with van der Waals surface area (Å²) in [5.74, 6) is 1.57. The Balaban J connectivity index is 0.000000696. The number of aromatic nitrogens is 1. The molecule has 0 saturated heterocycles. The molecule has 0 aliphatic heterocycles. The molecule has 0 aliphatic rings. The molecule has 10 heteroatoms. The molecule has 0 bridgehead atoms. The zero-order chi connectivity index (χ0) is 24.3. The van der Waals surface area contributed by atoms with Gasteiger partial charge in [0, 0.05) is 6.54 Å². The van der Waals surface area contributed by atoms with Gasteiger partial charge in [-0.05, 0) is 60.5 Å². The van der Waals surface area contributed by atoms with Gasteiger partial charge in [-0.2, -0.15) is 8.42 Å². The summed E-state index contributed by atoms with van der Waals surface area (Å²) in [7, 11) is -2.00. The highest BCUT2D eigenvalue weighted by molar-refractivity contribution is 7.85. The maximum absolute atomic E-state index is 11.0. The van der Waals surface area contributed by atoms with Gasteiger partial charge in [-0.25, -0.2) is 4.98 Å². The number of primary amides is 1. The summed E-state index contributed by atoms with van der Waals surface area (Å²) in [6.45, 7) is 1.67. The zero-order valence-electron chi connectivity index (χ0n) is 18.4. The number of carbonyl (C=O) groups is 1. The maximum Gasteiger partial charge on any atom is 0.267 e. The molecule has 0 saturated carbocycles. The van der Waals surface area contributed by atoms with Crippen LogP contribution in [0.4, 0.5) is 0 Å². The average Bonchev–Trinajstić information content (AvgIpc) is 2.77. The quantitative estimate of drug-likeness (QED) is 0.318. The molecular weight excluding hydrogens is 446 g/mol. The smallest absolute Gasteiger partial charge is 0.267 e. The second kappa shape index (κ2) is 12.5. The van der Waals surface area contributed by atoms with E-state index < -0.39 is 16.0 Å². The number of hydrogen-bond donors (Lipinski definition) is 3. The van der Waals surface area contributed by atoms with E-state index in [-0.39, 0.29) is 5.69 Å². The Bertz CT molecular complexity index is 1110. The van der Waals surface area contributed by atoms with Crippen molar-refractivity contribution in [3.05, 3.63) is 83.7 Å². The summed E-state index contributed by atoms with van der Waals surface area (Å²) in [5, 5.41) is 3.44. The second-order valence-electron chi connectivity index (χ2n) is 7.00. The van der Waals surface area contributed by atoms with Gasteiger partial charge in [-0.3, -0.25) is 9.35 Å². The minimum Gasteiger partial charge on any atom is -0.497 e. The van der Waals surface area contributed by atoms with Crippen LogP contribution in [0.1, 0.15) is 21.6 Å². The number of nitrogens with one attached hydrogen (secondary N) is 1. The molecule has 0 spiro atoms. The van der Waals surface area contributed by atoms with E-state index in [0.717, 1.165) is 25.3 Å². The predicted octanol–water partition coefficient (Wildman–Crippen LogP) is 2.82. The van der Waals surface area contributed by atoms with Gasteiger partial charge in [0.05, 0.1) is 19.6 Å². The molecule has 4 N–H and O–H groups in total. The fourth-order valence-corrected chi connectivity index (χ4v) is 2.66. The maximum atomic E-state index is 11.0. The van der Waals surface area contributed by atoms with Gasteiger partial charge in [0.2, 0.25) is 0 Å². The van der Waals surface area contributed by atoms with Crippen LogP contribution in [0.3, 0.4) is 0 Å². The molecule has 0 unspecified atom stereocenters. The summed E-state index contributed by atoms with van der Waals surface area (Å²) >= 11 is 0. The number of amides is 1. The topological polar surface area (TPSA) is 141 Å². The van der Waals surface area contributed by atoms with Crippen LogP contribution in [0.15, 0.2) is 66.9 Å². The van der Waals surface area contributed by atoms with E-state index in [1.807, 2.05) is 36.4 Å². The van der Waals surface area contributed by atoms with E-state index in [1.54, 1.807) is 19.2 Å². The number of rotatable bonds is 9. The lowest BCUT2D eigenvalue weighted by molar-refractivity contribution is 0.0995. The Morgan fingerprint density at radius 2 is 1.52 bits per heavy atom. The van der Waals surface area contributed by atoms with Crippen LogP contribution in [0.2, 0.25) is 0 Å². The van der Waals surface area contributed by atoms with Crippen LogP contribution in [0.25, 0.3) is 0 Å². The summed E-state index contributed by atoms with van der Waals surface area (Å²) in [5.41, 5.74) is 7.83. The number of methoxy groups -OCH3 is 1. The van der Waals surface area contributed by atoms with E-state index in [2.05, 4.69) is 22.4 Å². The predicted molar refractivity (Wildman–Crippen MR) is 125 cm³/mol. The normalized spacial score (nSPS) is 10.6. The van der Waals surface area contributed by atoms with E-state index in [4.69, 9.17) is 19.8 Å². The summed E-state index contributed by atoms with van der Waals surface area (Å²) in [6.07, 6.45) is 3.15. The number of nitrogens with zero attached hydrogens (tertiary/aromatic N) is 1. The van der Waals surface area contributed by atoms with E-state index in [0.29, 0.717) is 17.8 Å². The molecule has 1 amide bonds. The Hall–Kier alpha value is -3.47. The molecule has 3 rings (SSSR count). The summed E-state index contributed by atoms with van der Waals surface area (Å²) in [6, 6.07) is 19.2. The number of pyridine rings is 1. The second-order valence-corrected chi connectivity index (χ2v) is 8.46. The van der Waals surface area contributed by atoms with Crippen molar-refractivity contribution >= 4 is 16.0 Å². The lowest BCUT2D eigenvalue weighted by Crippen LogP contribution is -2.16. The number of carbonyl (C=O) groups excluding carboxylic acids is 1. The first kappa shape index (κ1) is 25.8. The molecular formula is C23H27N3O6S. The van der Waals surface area contributed by atoms with Crippen molar-refractivity contribution in [3.63, 3.8) is 0 Å². The molecule has 33 heavy (non-hydrogen) atoms. The Kier molecular flexibility index (Phi) is 9.80. The van der Waals surface area contributed by atoms with Crippen molar-refractivity contribution in [3.8, 4) is 17.2 Å². The highest BCUT2D eigenvalue weighted by Gasteiger charge is 2.03. The summed E-state index contributed by atoms with van der Waals surface area (Å²) < 4.78 is 36.8. The molecule has 1 aromatic heterocycles. The van der Waals surface area contributed by atoms with E-state index >= 15 is 0 Å². The molecule has 0 radical (unpaired) electrons. The first-order chi connectivity index (χ1) is 15.6. The molecule has 0 atom stereocenters. The number of benzene rings is 2. The fraction of sp³-hybridized carbons (Fsp3) is 0.217. The highest BCUT2D eigenvalue weighted by atomic mass is 32.2. The van der Waals surface area contributed by atoms with Crippen molar-refractivity contribution < 1.29 is 27.2 Å². The van der Waals surface area contributed by atoms with Gasteiger partial charge in [0.15, 0.2) is 0 Å². The lowest BCUT2D eigenvalue weighted by atomic mass is 10.1. The van der Waals surface area contributed by atoms with E-state index in [9.17, 15) is 13.2 Å². The van der Waals surface area contributed by atoms with Crippen LogP contribution >= 0.6 is 0 Å². The number of hydrogen-bond acceptors (Lipinski definition) is 7. The molecule has 0 fully saturated rings. The van der Waals surface area contributed by atoms with Gasteiger partial charge >= 0.3 is 0 Å². The average molecular weight is 474 g/mol. The molecule has 3 aromatic rings. The Morgan fingerprint density at radius 1 is 0.970 bits per heavy atom. The monoisotopic (exact) mass is 473 g/mol. The molecule has 9 nitrogen and oxygen atoms in total. The zero-order valence-corrected chi connectivity index (χ0v) is 19.2. The van der Waals surface area contributed by atoms with Crippen molar-refractivity contribution in [2.75, 3.05) is 19.9 Å². The fourth-order valence-electron chi connectivity index (χ4n) is 2.66. The summed E-state index contributed by atoms with van der Waals surface area (Å²) in [4.78, 5) is 15.0. The van der Waals surface area contributed by atoms with Gasteiger partial charge in [-0.1, -0.05) is 24.3 Å². The number of nitrogens with two attached hydrogens (primary N) is 1. The van der Waals surface area contributed by atoms with Gasteiger partial charge in [0.25, 0.3) is 16.0 Å². The van der Waals surface area contributed by atoms with Crippen molar-refractivity contribution in [1.29, 1.82) is 0 Å². The first-order valence-corrected chi connectivity index (χ1v) is 11.8.